The zero-order chi connectivity index (χ0) is 16.0. The fraction of sp³-hybridized carbons (Fsp3) is 0.0625. The molecule has 6 nitrogen and oxygen atoms in total. The largest absolute Gasteiger partial charge is 0.323 e. The van der Waals surface area contributed by atoms with Gasteiger partial charge in [0.05, 0.1) is 29.3 Å². The average Bonchev–Trinajstić information content (AvgIpc) is 2.90. The molecule has 0 radical (unpaired) electrons. The number of rotatable bonds is 2. The molecule has 0 aliphatic carbocycles. The van der Waals surface area contributed by atoms with Gasteiger partial charge in [-0.3, -0.25) is 9.36 Å². The smallest absolute Gasteiger partial charge is 0.306 e. The Morgan fingerprint density at radius 3 is 2.78 bits per heavy atom. The average molecular weight is 310 g/mol. The third-order valence-corrected chi connectivity index (χ3v) is 3.74. The molecule has 0 aliphatic heterocycles. The molecule has 2 aromatic heterocycles. The lowest BCUT2D eigenvalue weighted by Crippen LogP contribution is -2.21. The molecule has 4 aromatic rings. The van der Waals surface area contributed by atoms with Crippen LogP contribution in [0.1, 0.15) is 5.56 Å². The molecule has 23 heavy (non-hydrogen) atoms. The van der Waals surface area contributed by atoms with Crippen LogP contribution in [0.2, 0.25) is 0 Å². The molecule has 0 bridgehead atoms. The summed E-state index contributed by atoms with van der Waals surface area (Å²) in [5.74, 6) is -0.516. The quantitative estimate of drug-likeness (QED) is 0.591. The summed E-state index contributed by atoms with van der Waals surface area (Å²) >= 11 is 0. The maximum absolute atomic E-state index is 13.7. The number of imidazole rings is 1. The molecule has 0 atom stereocenters. The van der Waals surface area contributed by atoms with Gasteiger partial charge >= 0.3 is 5.69 Å². The zero-order valence-corrected chi connectivity index (χ0v) is 11.8. The van der Waals surface area contributed by atoms with Crippen LogP contribution in [0.5, 0.6) is 0 Å². The minimum Gasteiger partial charge on any atom is -0.306 e. The highest BCUT2D eigenvalue weighted by atomic mass is 19.1. The van der Waals surface area contributed by atoms with Crippen molar-refractivity contribution in [2.24, 2.45) is 0 Å². The number of hydrogen-bond donors (Lipinski definition) is 2. The van der Waals surface area contributed by atoms with Crippen LogP contribution in [0.15, 0.2) is 52.3 Å². The third-order valence-electron chi connectivity index (χ3n) is 3.74. The van der Waals surface area contributed by atoms with E-state index in [9.17, 15) is 14.0 Å². The Bertz CT molecular complexity index is 1160. The Kier molecular flexibility index (Phi) is 2.87. The molecule has 114 valence electrons. The molecule has 0 fully saturated rings. The molecule has 0 unspecified atom stereocenters. The van der Waals surface area contributed by atoms with Crippen LogP contribution in [0.3, 0.4) is 0 Å². The number of halogens is 1. The van der Waals surface area contributed by atoms with Crippen LogP contribution < -0.4 is 11.2 Å². The summed E-state index contributed by atoms with van der Waals surface area (Å²) in [4.78, 5) is 33.1. The number of hydrogen-bond acceptors (Lipinski definition) is 3. The molecule has 7 heteroatoms. The van der Waals surface area contributed by atoms with E-state index in [1.54, 1.807) is 18.2 Å². The van der Waals surface area contributed by atoms with Gasteiger partial charge in [-0.05, 0) is 29.8 Å². The minimum atomic E-state index is -0.516. The Morgan fingerprint density at radius 2 is 1.91 bits per heavy atom. The van der Waals surface area contributed by atoms with Crippen molar-refractivity contribution in [3.63, 3.8) is 0 Å². The van der Waals surface area contributed by atoms with Crippen LogP contribution >= 0.6 is 0 Å². The van der Waals surface area contributed by atoms with Crippen LogP contribution in [0, 0.1) is 5.82 Å². The Hall–Kier alpha value is -3.22. The number of para-hydroxylation sites is 1. The molecular weight excluding hydrogens is 299 g/mol. The first-order valence-corrected chi connectivity index (χ1v) is 6.96. The Labute approximate surface area is 128 Å². The summed E-state index contributed by atoms with van der Waals surface area (Å²) in [6.45, 7) is 0.279. The molecule has 0 amide bonds. The van der Waals surface area contributed by atoms with Gasteiger partial charge in [0.2, 0.25) is 0 Å². The lowest BCUT2D eigenvalue weighted by Gasteiger charge is -2.07. The number of nitrogens with one attached hydrogen (secondary N) is 2. The standard InChI is InChI=1S/C16H11FN4O2/c17-11-3-1-2-10-14(11)18-8-21(15(10)22)7-9-4-5-12-13(6-9)20-16(23)19-12/h1-6,8H,7H2,(H2,19,20,23). The molecule has 0 aliphatic rings. The summed E-state index contributed by atoms with van der Waals surface area (Å²) in [6.07, 6.45) is 1.33. The maximum atomic E-state index is 13.7. The van der Waals surface area contributed by atoms with E-state index in [2.05, 4.69) is 15.0 Å². The molecular formula is C16H11FN4O2. The van der Waals surface area contributed by atoms with E-state index in [1.807, 2.05) is 6.07 Å². The van der Waals surface area contributed by atoms with Gasteiger partial charge in [0.1, 0.15) is 11.3 Å². The Morgan fingerprint density at radius 1 is 1.09 bits per heavy atom. The van der Waals surface area contributed by atoms with Crippen LogP contribution in [-0.2, 0) is 6.54 Å². The first-order chi connectivity index (χ1) is 11.1. The SMILES string of the molecule is O=c1[nH]c2ccc(Cn3cnc4c(F)cccc4c3=O)cc2[nH]1. The molecule has 0 saturated heterocycles. The van der Waals surface area contributed by atoms with Gasteiger partial charge in [-0.1, -0.05) is 12.1 Å². The van der Waals surface area contributed by atoms with E-state index >= 15 is 0 Å². The van der Waals surface area contributed by atoms with Crippen molar-refractivity contribution in [1.29, 1.82) is 0 Å². The number of H-pyrrole nitrogens is 2. The molecule has 2 heterocycles. The Balaban J connectivity index is 1.81. The molecule has 4 rings (SSSR count). The van der Waals surface area contributed by atoms with E-state index in [-0.39, 0.29) is 28.7 Å². The van der Waals surface area contributed by atoms with E-state index in [1.165, 1.54) is 23.0 Å². The van der Waals surface area contributed by atoms with Crippen molar-refractivity contribution in [2.75, 3.05) is 0 Å². The summed E-state index contributed by atoms with van der Waals surface area (Å²) in [5, 5.41) is 0.239. The first-order valence-electron chi connectivity index (χ1n) is 6.96. The molecule has 0 spiro atoms. The van der Waals surface area contributed by atoms with Gasteiger partial charge in [0.15, 0.2) is 0 Å². The van der Waals surface area contributed by atoms with Crippen molar-refractivity contribution in [2.45, 2.75) is 6.54 Å². The number of benzene rings is 2. The first kappa shape index (κ1) is 13.4. The normalized spacial score (nSPS) is 11.3. The van der Waals surface area contributed by atoms with Crippen LogP contribution in [-0.4, -0.2) is 19.5 Å². The van der Waals surface area contributed by atoms with Gasteiger partial charge in [-0.15, -0.1) is 0 Å². The van der Waals surface area contributed by atoms with Gasteiger partial charge in [-0.25, -0.2) is 14.2 Å². The third kappa shape index (κ3) is 2.22. The summed E-state index contributed by atoms with van der Waals surface area (Å²) in [6, 6.07) is 9.68. The van der Waals surface area contributed by atoms with E-state index in [0.29, 0.717) is 11.0 Å². The zero-order valence-electron chi connectivity index (χ0n) is 11.8. The molecule has 0 saturated carbocycles. The van der Waals surface area contributed by atoms with Crippen molar-refractivity contribution in [3.8, 4) is 0 Å². The van der Waals surface area contributed by atoms with Gasteiger partial charge in [0.25, 0.3) is 5.56 Å². The summed E-state index contributed by atoms with van der Waals surface area (Å²) in [5.41, 5.74) is 1.67. The summed E-state index contributed by atoms with van der Waals surface area (Å²) < 4.78 is 15.1. The van der Waals surface area contributed by atoms with E-state index in [0.717, 1.165) is 5.56 Å². The monoisotopic (exact) mass is 310 g/mol. The fourth-order valence-electron chi connectivity index (χ4n) is 2.64. The molecule has 2 N–H and O–H groups in total. The van der Waals surface area contributed by atoms with Gasteiger partial charge in [-0.2, -0.15) is 0 Å². The lowest BCUT2D eigenvalue weighted by molar-refractivity contribution is 0.634. The fourth-order valence-corrected chi connectivity index (χ4v) is 2.64. The van der Waals surface area contributed by atoms with Crippen LogP contribution in [0.25, 0.3) is 21.9 Å². The second-order valence-electron chi connectivity index (χ2n) is 5.27. The highest BCUT2D eigenvalue weighted by Crippen LogP contribution is 2.13. The number of fused-ring (bicyclic) bond motifs is 2. The van der Waals surface area contributed by atoms with Gasteiger partial charge < -0.3 is 9.97 Å². The lowest BCUT2D eigenvalue weighted by atomic mass is 10.2. The maximum Gasteiger partial charge on any atom is 0.323 e. The number of nitrogens with zero attached hydrogens (tertiary/aromatic N) is 2. The minimum absolute atomic E-state index is 0.0687. The van der Waals surface area contributed by atoms with E-state index < -0.39 is 5.82 Å². The number of aromatic amines is 2. The summed E-state index contributed by atoms with van der Waals surface area (Å²) in [7, 11) is 0. The highest BCUT2D eigenvalue weighted by Gasteiger charge is 2.08. The van der Waals surface area contributed by atoms with Crippen LogP contribution in [0.4, 0.5) is 4.39 Å². The predicted molar refractivity (Wildman–Crippen MR) is 84.0 cm³/mol. The topological polar surface area (TPSA) is 83.5 Å². The highest BCUT2D eigenvalue weighted by molar-refractivity contribution is 5.78. The second-order valence-corrected chi connectivity index (χ2v) is 5.27. The van der Waals surface area contributed by atoms with Crippen molar-refractivity contribution < 1.29 is 4.39 Å². The van der Waals surface area contributed by atoms with Gasteiger partial charge in [0, 0.05) is 0 Å². The van der Waals surface area contributed by atoms with Crippen molar-refractivity contribution >= 4 is 21.9 Å². The second kappa shape index (κ2) is 4.91. The number of aromatic nitrogens is 4. The molecule has 2 aromatic carbocycles. The van der Waals surface area contributed by atoms with Crippen molar-refractivity contribution in [1.82, 2.24) is 19.5 Å². The predicted octanol–water partition coefficient (Wildman–Crippen LogP) is 1.75. The van der Waals surface area contributed by atoms with E-state index in [4.69, 9.17) is 0 Å². The van der Waals surface area contributed by atoms with Crippen molar-refractivity contribution in [3.05, 3.63) is 74.9 Å².